The van der Waals surface area contributed by atoms with Gasteiger partial charge in [-0.3, -0.25) is 13.9 Å². The van der Waals surface area contributed by atoms with Gasteiger partial charge in [0.05, 0.1) is 24.7 Å². The highest BCUT2D eigenvalue weighted by molar-refractivity contribution is 5.92. The van der Waals surface area contributed by atoms with Crippen LogP contribution in [0, 0.1) is 0 Å². The van der Waals surface area contributed by atoms with E-state index in [-0.39, 0.29) is 29.5 Å². The maximum absolute atomic E-state index is 13.0. The maximum atomic E-state index is 13.0. The maximum Gasteiger partial charge on any atom is 0.340 e. The van der Waals surface area contributed by atoms with Crippen molar-refractivity contribution in [2.45, 2.75) is 19.8 Å². The van der Waals surface area contributed by atoms with E-state index < -0.39 is 23.1 Å². The summed E-state index contributed by atoms with van der Waals surface area (Å²) < 4.78 is 18.3. The van der Waals surface area contributed by atoms with Gasteiger partial charge in [0, 0.05) is 14.1 Å². The number of carbonyl (C=O) groups is 1. The molecule has 1 aliphatic heterocycles. The van der Waals surface area contributed by atoms with E-state index in [1.807, 2.05) is 6.92 Å². The first-order valence-electron chi connectivity index (χ1n) is 9.19. The Balaban J connectivity index is 2.30. The van der Waals surface area contributed by atoms with E-state index in [1.165, 1.54) is 18.7 Å². The number of nitrogens with zero attached hydrogens (tertiary/aromatic N) is 2. The molecule has 1 atom stereocenters. The van der Waals surface area contributed by atoms with Gasteiger partial charge in [0.25, 0.3) is 5.56 Å². The minimum absolute atomic E-state index is 0.00235. The highest BCUT2D eigenvalue weighted by Gasteiger charge is 2.39. The van der Waals surface area contributed by atoms with E-state index in [0.29, 0.717) is 17.9 Å². The van der Waals surface area contributed by atoms with Crippen molar-refractivity contribution in [1.29, 1.82) is 0 Å². The molecule has 0 unspecified atom stereocenters. The molecule has 1 aliphatic rings. The second-order valence-corrected chi connectivity index (χ2v) is 6.46. The normalized spacial score (nSPS) is 15.5. The van der Waals surface area contributed by atoms with Crippen molar-refractivity contribution in [2.75, 3.05) is 13.2 Å². The Morgan fingerprint density at radius 3 is 2.34 bits per heavy atom. The molecular weight excluding hydrogens is 378 g/mol. The van der Waals surface area contributed by atoms with Crippen LogP contribution in [-0.2, 0) is 23.6 Å². The molecule has 0 saturated heterocycles. The molecule has 0 saturated carbocycles. The van der Waals surface area contributed by atoms with Gasteiger partial charge in [-0.05, 0) is 31.5 Å². The summed E-state index contributed by atoms with van der Waals surface area (Å²) in [5.41, 5.74) is 5.67. The Morgan fingerprint density at radius 1 is 1.10 bits per heavy atom. The third-order valence-electron chi connectivity index (χ3n) is 4.71. The molecule has 29 heavy (non-hydrogen) atoms. The van der Waals surface area contributed by atoms with Crippen LogP contribution < -0.4 is 26.5 Å². The van der Waals surface area contributed by atoms with Gasteiger partial charge < -0.3 is 19.9 Å². The summed E-state index contributed by atoms with van der Waals surface area (Å²) in [7, 11) is 2.84. The van der Waals surface area contributed by atoms with Gasteiger partial charge in [-0.25, -0.2) is 9.59 Å². The lowest BCUT2D eigenvalue weighted by atomic mass is 9.84. The van der Waals surface area contributed by atoms with E-state index in [1.54, 1.807) is 31.2 Å². The average molecular weight is 401 g/mol. The minimum Gasteiger partial charge on any atom is -0.494 e. The molecule has 2 aromatic rings. The number of rotatable bonds is 5. The van der Waals surface area contributed by atoms with Gasteiger partial charge in [0.2, 0.25) is 11.8 Å². The van der Waals surface area contributed by atoms with Crippen LogP contribution in [0.5, 0.6) is 11.6 Å². The van der Waals surface area contributed by atoms with Crippen LogP contribution in [0.2, 0.25) is 0 Å². The van der Waals surface area contributed by atoms with Crippen molar-refractivity contribution >= 4 is 5.97 Å². The molecule has 9 heteroatoms. The lowest BCUT2D eigenvalue weighted by molar-refractivity contribution is -0.139. The fraction of sp³-hybridized carbons (Fsp3) is 0.350. The Bertz CT molecular complexity index is 1090. The summed E-state index contributed by atoms with van der Waals surface area (Å²) in [5.74, 6) is -1.11. The molecular formula is C20H23N3O6. The Kier molecular flexibility index (Phi) is 5.49. The minimum atomic E-state index is -0.862. The van der Waals surface area contributed by atoms with E-state index in [4.69, 9.17) is 19.9 Å². The smallest absolute Gasteiger partial charge is 0.340 e. The number of hydrogen-bond acceptors (Lipinski definition) is 7. The average Bonchev–Trinajstić information content (AvgIpc) is 2.70. The predicted molar refractivity (Wildman–Crippen MR) is 105 cm³/mol. The number of benzene rings is 1. The molecule has 154 valence electrons. The number of nitrogens with two attached hydrogens (primary N) is 1. The molecule has 2 N–H and O–H groups in total. The van der Waals surface area contributed by atoms with Gasteiger partial charge in [-0.2, -0.15) is 0 Å². The number of aromatic nitrogens is 2. The SMILES string of the molecule is CCOC(=O)C1=C(N)Oc2c(c(=O)n(C)c(=O)n2C)[C@@H]1c1ccc(OCC)cc1. The van der Waals surface area contributed by atoms with E-state index >= 15 is 0 Å². The van der Waals surface area contributed by atoms with Crippen molar-refractivity contribution in [1.82, 2.24) is 9.13 Å². The van der Waals surface area contributed by atoms with Gasteiger partial charge in [-0.1, -0.05) is 12.1 Å². The van der Waals surface area contributed by atoms with Crippen LogP contribution in [0.25, 0.3) is 0 Å². The van der Waals surface area contributed by atoms with Crippen molar-refractivity contribution < 1.29 is 19.0 Å². The van der Waals surface area contributed by atoms with Crippen LogP contribution >= 0.6 is 0 Å². The summed E-state index contributed by atoms with van der Waals surface area (Å²) in [6.45, 7) is 4.17. The lowest BCUT2D eigenvalue weighted by Gasteiger charge is -2.29. The molecule has 0 fully saturated rings. The summed E-state index contributed by atoms with van der Waals surface area (Å²) in [5, 5.41) is 0. The summed E-state index contributed by atoms with van der Waals surface area (Å²) in [6.07, 6.45) is 0. The third-order valence-corrected chi connectivity index (χ3v) is 4.71. The predicted octanol–water partition coefficient (Wildman–Crippen LogP) is 0.740. The third kappa shape index (κ3) is 3.39. The summed E-state index contributed by atoms with van der Waals surface area (Å²) >= 11 is 0. The van der Waals surface area contributed by atoms with Crippen LogP contribution in [-0.4, -0.2) is 28.3 Å². The van der Waals surface area contributed by atoms with Crippen molar-refractivity contribution in [2.24, 2.45) is 19.8 Å². The summed E-state index contributed by atoms with van der Waals surface area (Å²) in [4.78, 5) is 38.0. The number of ether oxygens (including phenoxy) is 3. The first-order chi connectivity index (χ1) is 13.8. The molecule has 2 heterocycles. The first kappa shape index (κ1) is 20.2. The number of carbonyl (C=O) groups excluding carboxylic acids is 1. The quantitative estimate of drug-likeness (QED) is 0.735. The summed E-state index contributed by atoms with van der Waals surface area (Å²) in [6, 6.07) is 6.95. The van der Waals surface area contributed by atoms with E-state index in [9.17, 15) is 14.4 Å². The molecule has 0 amide bonds. The van der Waals surface area contributed by atoms with Crippen molar-refractivity contribution in [3.05, 3.63) is 67.7 Å². The number of fused-ring (bicyclic) bond motifs is 1. The lowest BCUT2D eigenvalue weighted by Crippen LogP contribution is -2.43. The van der Waals surface area contributed by atoms with Crippen LogP contribution in [0.1, 0.15) is 30.9 Å². The van der Waals surface area contributed by atoms with Gasteiger partial charge in [-0.15, -0.1) is 0 Å². The molecule has 1 aromatic carbocycles. The molecule has 0 radical (unpaired) electrons. The van der Waals surface area contributed by atoms with Gasteiger partial charge in [0.1, 0.15) is 11.3 Å². The van der Waals surface area contributed by atoms with E-state index in [0.717, 1.165) is 4.57 Å². The molecule has 9 nitrogen and oxygen atoms in total. The topological polar surface area (TPSA) is 115 Å². The fourth-order valence-corrected chi connectivity index (χ4v) is 3.35. The van der Waals surface area contributed by atoms with Gasteiger partial charge >= 0.3 is 11.7 Å². The zero-order valence-electron chi connectivity index (χ0n) is 16.7. The van der Waals surface area contributed by atoms with Crippen LogP contribution in [0.3, 0.4) is 0 Å². The second kappa shape index (κ2) is 7.86. The standard InChI is InChI=1S/C20H23N3O6/c1-5-27-12-9-7-11(8-10-12)13-14(19(25)28-6-2)16(21)29-18-15(13)17(24)22(3)20(26)23(18)4/h7-10,13H,5-6,21H2,1-4H3/t13-/m1/s1. The largest absolute Gasteiger partial charge is 0.494 e. The van der Waals surface area contributed by atoms with Crippen molar-refractivity contribution in [3.8, 4) is 11.6 Å². The zero-order valence-corrected chi connectivity index (χ0v) is 16.7. The van der Waals surface area contributed by atoms with Gasteiger partial charge in [0.15, 0.2) is 0 Å². The molecule has 0 spiro atoms. The van der Waals surface area contributed by atoms with Crippen LogP contribution in [0.15, 0.2) is 45.3 Å². The number of esters is 1. The highest BCUT2D eigenvalue weighted by Crippen LogP contribution is 2.40. The highest BCUT2D eigenvalue weighted by atomic mass is 16.5. The number of hydrogen-bond donors (Lipinski definition) is 1. The molecule has 3 rings (SSSR count). The van der Waals surface area contributed by atoms with E-state index in [2.05, 4.69) is 0 Å². The monoisotopic (exact) mass is 401 g/mol. The Hall–Kier alpha value is -3.49. The first-order valence-corrected chi connectivity index (χ1v) is 9.19. The van der Waals surface area contributed by atoms with Crippen molar-refractivity contribution in [3.63, 3.8) is 0 Å². The second-order valence-electron chi connectivity index (χ2n) is 6.46. The van der Waals surface area contributed by atoms with Crippen LogP contribution in [0.4, 0.5) is 0 Å². The Morgan fingerprint density at radius 2 is 1.76 bits per heavy atom. The molecule has 0 aliphatic carbocycles. The molecule has 0 bridgehead atoms. The zero-order chi connectivity index (χ0) is 21.3. The Labute approximate surface area is 166 Å². The molecule has 1 aromatic heterocycles. The fourth-order valence-electron chi connectivity index (χ4n) is 3.35.